The molecular weight excluding hydrogens is 170 g/mol. The Hall–Kier alpha value is -2.04. The van der Waals surface area contributed by atoms with Crippen molar-refractivity contribution < 1.29 is 9.90 Å². The van der Waals surface area contributed by atoms with Crippen LogP contribution < -0.4 is 0 Å². The Kier molecular flexibility index (Phi) is 1.63. The standard InChI is InChI=1S/C8H7N3O2/c12-8(13)6-5-7(10-9-6)11-3-1-2-4-11/h1-5H,(H,9,10)(H,12,13). The Bertz CT molecular complexity index is 416. The van der Waals surface area contributed by atoms with E-state index in [4.69, 9.17) is 5.11 Å². The van der Waals surface area contributed by atoms with Crippen molar-refractivity contribution in [3.63, 3.8) is 0 Å². The summed E-state index contributed by atoms with van der Waals surface area (Å²) >= 11 is 0. The van der Waals surface area contributed by atoms with E-state index in [0.717, 1.165) is 0 Å². The normalized spacial score (nSPS) is 10.2. The highest BCUT2D eigenvalue weighted by Crippen LogP contribution is 2.05. The molecule has 0 unspecified atom stereocenters. The quantitative estimate of drug-likeness (QED) is 0.715. The maximum Gasteiger partial charge on any atom is 0.353 e. The van der Waals surface area contributed by atoms with Gasteiger partial charge in [-0.15, -0.1) is 0 Å². The summed E-state index contributed by atoms with van der Waals surface area (Å²) in [7, 11) is 0. The third-order valence-corrected chi connectivity index (χ3v) is 1.66. The predicted octanol–water partition coefficient (Wildman–Crippen LogP) is 0.899. The minimum atomic E-state index is -1.01. The number of aromatic amines is 1. The van der Waals surface area contributed by atoms with Crippen molar-refractivity contribution in [3.8, 4) is 5.82 Å². The van der Waals surface area contributed by atoms with Crippen LogP contribution >= 0.6 is 0 Å². The van der Waals surface area contributed by atoms with Crippen molar-refractivity contribution in [2.24, 2.45) is 0 Å². The topological polar surface area (TPSA) is 70.9 Å². The lowest BCUT2D eigenvalue weighted by atomic mass is 10.4. The van der Waals surface area contributed by atoms with Gasteiger partial charge in [-0.05, 0) is 12.1 Å². The molecule has 0 aliphatic rings. The summed E-state index contributed by atoms with van der Waals surface area (Å²) in [4.78, 5) is 10.5. The maximum absolute atomic E-state index is 10.5. The minimum absolute atomic E-state index is 0.0868. The van der Waals surface area contributed by atoms with Gasteiger partial charge in [0.05, 0.1) is 0 Å². The van der Waals surface area contributed by atoms with Crippen LogP contribution in [-0.4, -0.2) is 25.8 Å². The average Bonchev–Trinajstić information content (AvgIpc) is 2.75. The zero-order chi connectivity index (χ0) is 9.26. The van der Waals surface area contributed by atoms with E-state index in [-0.39, 0.29) is 5.69 Å². The number of rotatable bonds is 2. The summed E-state index contributed by atoms with van der Waals surface area (Å²) in [5.41, 5.74) is 0.0868. The Labute approximate surface area is 73.6 Å². The van der Waals surface area contributed by atoms with Crippen LogP contribution in [0, 0.1) is 0 Å². The molecule has 0 saturated heterocycles. The molecule has 66 valence electrons. The SMILES string of the molecule is O=C(O)c1cc(-n2cccc2)n[nH]1. The Morgan fingerprint density at radius 3 is 2.69 bits per heavy atom. The van der Waals surface area contributed by atoms with Gasteiger partial charge in [-0.1, -0.05) is 0 Å². The van der Waals surface area contributed by atoms with E-state index in [2.05, 4.69) is 10.2 Å². The molecule has 0 bridgehead atoms. The monoisotopic (exact) mass is 177 g/mol. The molecule has 2 aromatic heterocycles. The van der Waals surface area contributed by atoms with Gasteiger partial charge in [-0.25, -0.2) is 4.79 Å². The molecule has 0 fully saturated rings. The first-order valence-corrected chi connectivity index (χ1v) is 3.69. The van der Waals surface area contributed by atoms with Crippen molar-refractivity contribution >= 4 is 5.97 Å². The second kappa shape index (κ2) is 2.78. The van der Waals surface area contributed by atoms with Gasteiger partial charge in [0.25, 0.3) is 0 Å². The van der Waals surface area contributed by atoms with Gasteiger partial charge in [0.15, 0.2) is 5.82 Å². The van der Waals surface area contributed by atoms with Crippen LogP contribution in [-0.2, 0) is 0 Å². The summed E-state index contributed by atoms with van der Waals surface area (Å²) in [5.74, 6) is -0.437. The summed E-state index contributed by atoms with van der Waals surface area (Å²) in [6, 6.07) is 5.16. The van der Waals surface area contributed by atoms with Crippen LogP contribution in [0.4, 0.5) is 0 Å². The van der Waals surface area contributed by atoms with Crippen LogP contribution in [0.15, 0.2) is 30.6 Å². The first-order valence-electron chi connectivity index (χ1n) is 3.69. The van der Waals surface area contributed by atoms with Gasteiger partial charge in [-0.2, -0.15) is 5.10 Å². The number of hydrogen-bond acceptors (Lipinski definition) is 2. The number of aromatic nitrogens is 3. The van der Waals surface area contributed by atoms with E-state index in [9.17, 15) is 4.79 Å². The van der Waals surface area contributed by atoms with E-state index < -0.39 is 5.97 Å². The molecule has 2 rings (SSSR count). The van der Waals surface area contributed by atoms with Gasteiger partial charge in [0.1, 0.15) is 5.69 Å². The zero-order valence-corrected chi connectivity index (χ0v) is 6.64. The van der Waals surface area contributed by atoms with Crippen molar-refractivity contribution in [1.82, 2.24) is 14.8 Å². The van der Waals surface area contributed by atoms with Gasteiger partial charge in [0.2, 0.25) is 0 Å². The van der Waals surface area contributed by atoms with E-state index in [0.29, 0.717) is 5.82 Å². The highest BCUT2D eigenvalue weighted by Gasteiger charge is 2.07. The molecule has 0 aromatic carbocycles. The molecule has 0 radical (unpaired) electrons. The molecule has 13 heavy (non-hydrogen) atoms. The minimum Gasteiger partial charge on any atom is -0.477 e. The summed E-state index contributed by atoms with van der Waals surface area (Å²) in [5, 5.41) is 14.9. The van der Waals surface area contributed by atoms with Crippen molar-refractivity contribution in [3.05, 3.63) is 36.3 Å². The van der Waals surface area contributed by atoms with Gasteiger partial charge in [0, 0.05) is 18.5 Å². The Morgan fingerprint density at radius 2 is 2.15 bits per heavy atom. The fourth-order valence-corrected chi connectivity index (χ4v) is 1.04. The van der Waals surface area contributed by atoms with Crippen LogP contribution in [0.2, 0.25) is 0 Å². The summed E-state index contributed by atoms with van der Waals surface area (Å²) in [6.07, 6.45) is 3.59. The number of hydrogen-bond donors (Lipinski definition) is 2. The zero-order valence-electron chi connectivity index (χ0n) is 6.64. The number of carbonyl (C=O) groups is 1. The van der Waals surface area contributed by atoms with Crippen LogP contribution in [0.5, 0.6) is 0 Å². The first kappa shape index (κ1) is 7.60. The smallest absolute Gasteiger partial charge is 0.353 e. The second-order valence-electron chi connectivity index (χ2n) is 2.54. The van der Waals surface area contributed by atoms with Crippen LogP contribution in [0.25, 0.3) is 5.82 Å². The first-order chi connectivity index (χ1) is 6.27. The van der Waals surface area contributed by atoms with Crippen molar-refractivity contribution in [2.75, 3.05) is 0 Å². The lowest BCUT2D eigenvalue weighted by Gasteiger charge is -1.92. The molecule has 2 aromatic rings. The molecule has 2 heterocycles. The second-order valence-corrected chi connectivity index (χ2v) is 2.54. The molecule has 0 spiro atoms. The molecule has 0 aliphatic carbocycles. The predicted molar refractivity (Wildman–Crippen MR) is 44.9 cm³/mol. The fourth-order valence-electron chi connectivity index (χ4n) is 1.04. The lowest BCUT2D eigenvalue weighted by molar-refractivity contribution is 0.0690. The highest BCUT2D eigenvalue weighted by atomic mass is 16.4. The van der Waals surface area contributed by atoms with Crippen LogP contribution in [0.3, 0.4) is 0 Å². The number of carboxylic acids is 1. The van der Waals surface area contributed by atoms with Crippen LogP contribution in [0.1, 0.15) is 10.5 Å². The molecule has 0 atom stereocenters. The highest BCUT2D eigenvalue weighted by molar-refractivity contribution is 5.85. The fraction of sp³-hybridized carbons (Fsp3) is 0. The summed E-state index contributed by atoms with van der Waals surface area (Å²) < 4.78 is 1.73. The molecule has 2 N–H and O–H groups in total. The van der Waals surface area contributed by atoms with Gasteiger partial charge >= 0.3 is 5.97 Å². The van der Waals surface area contributed by atoms with E-state index >= 15 is 0 Å². The molecule has 0 saturated carbocycles. The lowest BCUT2D eigenvalue weighted by Crippen LogP contribution is -1.95. The number of aromatic carboxylic acids is 1. The largest absolute Gasteiger partial charge is 0.477 e. The molecule has 0 aliphatic heterocycles. The number of H-pyrrole nitrogens is 1. The number of carboxylic acid groups (broad SMARTS) is 1. The van der Waals surface area contributed by atoms with E-state index in [1.807, 2.05) is 12.1 Å². The van der Waals surface area contributed by atoms with Gasteiger partial charge < -0.3 is 9.67 Å². The Morgan fingerprint density at radius 1 is 1.46 bits per heavy atom. The van der Waals surface area contributed by atoms with Crippen molar-refractivity contribution in [1.29, 1.82) is 0 Å². The Balaban J connectivity index is 2.39. The van der Waals surface area contributed by atoms with E-state index in [1.54, 1.807) is 17.0 Å². The van der Waals surface area contributed by atoms with E-state index in [1.165, 1.54) is 6.07 Å². The molecular formula is C8H7N3O2. The maximum atomic E-state index is 10.5. The molecule has 5 nitrogen and oxygen atoms in total. The van der Waals surface area contributed by atoms with Gasteiger partial charge in [-0.3, -0.25) is 5.10 Å². The molecule has 5 heteroatoms. The third-order valence-electron chi connectivity index (χ3n) is 1.66. The van der Waals surface area contributed by atoms with Crippen molar-refractivity contribution in [2.45, 2.75) is 0 Å². The third kappa shape index (κ3) is 1.31. The average molecular weight is 177 g/mol. The summed E-state index contributed by atoms with van der Waals surface area (Å²) in [6.45, 7) is 0. The number of nitrogens with zero attached hydrogens (tertiary/aromatic N) is 2. The number of nitrogens with one attached hydrogen (secondary N) is 1. The molecule has 0 amide bonds.